The summed E-state index contributed by atoms with van der Waals surface area (Å²) in [4.78, 5) is 10.9. The van der Waals surface area contributed by atoms with Crippen LogP contribution in [0, 0.1) is 0 Å². The summed E-state index contributed by atoms with van der Waals surface area (Å²) in [6.07, 6.45) is 1.38. The molecule has 1 rings (SSSR count). The van der Waals surface area contributed by atoms with Gasteiger partial charge in [0.25, 0.3) is 0 Å². The monoisotopic (exact) mass is 236 g/mol. The Morgan fingerprint density at radius 2 is 2.06 bits per heavy atom. The molecule has 1 atom stereocenters. The maximum atomic E-state index is 10.9. The number of carboxylic acid groups (broad SMARTS) is 1. The second-order valence-corrected chi connectivity index (χ2v) is 3.77. The van der Waals surface area contributed by atoms with E-state index in [0.29, 0.717) is 12.2 Å². The fourth-order valence-electron chi connectivity index (χ4n) is 1.22. The van der Waals surface area contributed by atoms with E-state index in [0.717, 1.165) is 0 Å². The molecular formula is C13H16O4. The number of benzene rings is 1. The predicted octanol–water partition coefficient (Wildman–Crippen LogP) is 2.19. The number of carbonyl (C=O) groups is 1. The normalized spacial score (nSPS) is 13.2. The molecule has 0 aromatic heterocycles. The summed E-state index contributed by atoms with van der Waals surface area (Å²) in [5.41, 5.74) is 0.148. The highest BCUT2D eigenvalue weighted by Gasteiger charge is 2.09. The van der Waals surface area contributed by atoms with Crippen LogP contribution in [0.3, 0.4) is 0 Å². The fourth-order valence-corrected chi connectivity index (χ4v) is 1.22. The Kier molecular flexibility index (Phi) is 5.23. The third-order valence-corrected chi connectivity index (χ3v) is 2.19. The van der Waals surface area contributed by atoms with Gasteiger partial charge < -0.3 is 14.9 Å². The maximum Gasteiger partial charge on any atom is 0.334 e. The summed E-state index contributed by atoms with van der Waals surface area (Å²) in [6, 6.07) is 8.94. The number of aliphatic hydroxyl groups excluding tert-OH is 1. The highest BCUT2D eigenvalue weighted by Crippen LogP contribution is 2.12. The Labute approximate surface area is 100 Å². The van der Waals surface area contributed by atoms with E-state index in [1.54, 1.807) is 31.2 Å². The van der Waals surface area contributed by atoms with Crippen LogP contribution in [0.25, 0.3) is 0 Å². The number of aliphatic carboxylic acids is 1. The lowest BCUT2D eigenvalue weighted by atomic mass is 10.1. The molecule has 0 bridgehead atoms. The lowest BCUT2D eigenvalue weighted by molar-refractivity contribution is -0.132. The van der Waals surface area contributed by atoms with Crippen LogP contribution in [0.1, 0.15) is 19.8 Å². The lowest BCUT2D eigenvalue weighted by Gasteiger charge is -2.05. The van der Waals surface area contributed by atoms with Crippen molar-refractivity contribution in [3.05, 3.63) is 42.2 Å². The minimum Gasteiger partial charge on any atom is -0.478 e. The second kappa shape index (κ2) is 6.70. The van der Waals surface area contributed by atoms with Gasteiger partial charge in [0.2, 0.25) is 0 Å². The first-order chi connectivity index (χ1) is 8.09. The standard InChI is InChI=1S/C13H16O4/c1-10(14)7-8-11(13(15)16)9-17-12-5-3-2-4-6-12/h2-6,9-10,14H,7-8H2,1H3,(H,15,16). The molecule has 0 amide bonds. The molecule has 1 aromatic rings. The first kappa shape index (κ1) is 13.3. The van der Waals surface area contributed by atoms with Gasteiger partial charge in [-0.15, -0.1) is 0 Å². The number of hydrogen-bond donors (Lipinski definition) is 2. The molecule has 4 heteroatoms. The number of ether oxygens (including phenoxy) is 1. The fraction of sp³-hybridized carbons (Fsp3) is 0.308. The molecule has 0 radical (unpaired) electrons. The topological polar surface area (TPSA) is 66.8 Å². The van der Waals surface area contributed by atoms with Crippen molar-refractivity contribution in [1.29, 1.82) is 0 Å². The zero-order chi connectivity index (χ0) is 12.7. The lowest BCUT2D eigenvalue weighted by Crippen LogP contribution is -2.07. The van der Waals surface area contributed by atoms with Crippen molar-refractivity contribution in [3.63, 3.8) is 0 Å². The molecule has 17 heavy (non-hydrogen) atoms. The molecule has 0 saturated carbocycles. The van der Waals surface area contributed by atoms with Gasteiger partial charge in [0, 0.05) is 0 Å². The van der Waals surface area contributed by atoms with Crippen LogP contribution >= 0.6 is 0 Å². The summed E-state index contributed by atoms with van der Waals surface area (Å²) in [7, 11) is 0. The average molecular weight is 236 g/mol. The van der Waals surface area contributed by atoms with E-state index in [2.05, 4.69) is 0 Å². The van der Waals surface area contributed by atoms with E-state index in [1.807, 2.05) is 6.07 Å². The summed E-state index contributed by atoms with van der Waals surface area (Å²) in [5, 5.41) is 18.0. The van der Waals surface area contributed by atoms with Crippen LogP contribution in [-0.2, 0) is 4.79 Å². The zero-order valence-corrected chi connectivity index (χ0v) is 9.67. The van der Waals surface area contributed by atoms with Crippen molar-refractivity contribution >= 4 is 5.97 Å². The smallest absolute Gasteiger partial charge is 0.334 e. The van der Waals surface area contributed by atoms with E-state index < -0.39 is 12.1 Å². The Hall–Kier alpha value is -1.81. The van der Waals surface area contributed by atoms with Gasteiger partial charge in [-0.1, -0.05) is 18.2 Å². The molecule has 0 fully saturated rings. The van der Waals surface area contributed by atoms with E-state index in [9.17, 15) is 4.79 Å². The molecule has 92 valence electrons. The van der Waals surface area contributed by atoms with Crippen LogP contribution in [0.2, 0.25) is 0 Å². The number of aliphatic hydroxyl groups is 1. The van der Waals surface area contributed by atoms with Crippen LogP contribution in [0.5, 0.6) is 5.75 Å². The Balaban J connectivity index is 2.61. The van der Waals surface area contributed by atoms with Gasteiger partial charge in [0.15, 0.2) is 0 Å². The first-order valence-electron chi connectivity index (χ1n) is 5.41. The number of hydrogen-bond acceptors (Lipinski definition) is 3. The minimum absolute atomic E-state index is 0.148. The molecule has 0 saturated heterocycles. The van der Waals surface area contributed by atoms with Gasteiger partial charge in [-0.05, 0) is 31.9 Å². The number of rotatable bonds is 6. The Morgan fingerprint density at radius 1 is 1.41 bits per heavy atom. The Bertz CT molecular complexity index is 382. The van der Waals surface area contributed by atoms with Gasteiger partial charge in [0.05, 0.1) is 11.7 Å². The number of carboxylic acids is 1. The summed E-state index contributed by atoms with van der Waals surface area (Å²) in [5.74, 6) is -0.440. The molecular weight excluding hydrogens is 220 g/mol. The first-order valence-corrected chi connectivity index (χ1v) is 5.41. The van der Waals surface area contributed by atoms with Crippen molar-refractivity contribution in [3.8, 4) is 5.75 Å². The molecule has 1 unspecified atom stereocenters. The van der Waals surface area contributed by atoms with Gasteiger partial charge in [0.1, 0.15) is 12.0 Å². The quantitative estimate of drug-likeness (QED) is 0.587. The maximum absolute atomic E-state index is 10.9. The highest BCUT2D eigenvalue weighted by molar-refractivity contribution is 5.86. The molecule has 0 spiro atoms. The molecule has 0 aliphatic carbocycles. The summed E-state index contributed by atoms with van der Waals surface area (Å²) >= 11 is 0. The van der Waals surface area contributed by atoms with E-state index in [-0.39, 0.29) is 12.0 Å². The van der Waals surface area contributed by atoms with Crippen LogP contribution in [0.15, 0.2) is 42.2 Å². The number of para-hydroxylation sites is 1. The largest absolute Gasteiger partial charge is 0.478 e. The van der Waals surface area contributed by atoms with Crippen LogP contribution in [0.4, 0.5) is 0 Å². The average Bonchev–Trinajstić information content (AvgIpc) is 2.29. The molecule has 2 N–H and O–H groups in total. The predicted molar refractivity (Wildman–Crippen MR) is 63.7 cm³/mol. The van der Waals surface area contributed by atoms with Crippen molar-refractivity contribution in [2.75, 3.05) is 0 Å². The molecule has 4 nitrogen and oxygen atoms in total. The van der Waals surface area contributed by atoms with Gasteiger partial charge in [-0.2, -0.15) is 0 Å². The highest BCUT2D eigenvalue weighted by atomic mass is 16.5. The SMILES string of the molecule is CC(O)CCC(=COc1ccccc1)C(=O)O. The molecule has 1 aromatic carbocycles. The van der Waals surface area contributed by atoms with Crippen molar-refractivity contribution < 1.29 is 19.7 Å². The van der Waals surface area contributed by atoms with Crippen molar-refractivity contribution in [1.82, 2.24) is 0 Å². The van der Waals surface area contributed by atoms with E-state index >= 15 is 0 Å². The Morgan fingerprint density at radius 3 is 2.59 bits per heavy atom. The third-order valence-electron chi connectivity index (χ3n) is 2.19. The second-order valence-electron chi connectivity index (χ2n) is 3.77. The minimum atomic E-state index is -1.03. The summed E-state index contributed by atoms with van der Waals surface area (Å²) < 4.78 is 5.24. The van der Waals surface area contributed by atoms with Crippen molar-refractivity contribution in [2.24, 2.45) is 0 Å². The molecule has 0 aliphatic heterocycles. The third kappa shape index (κ3) is 5.17. The van der Waals surface area contributed by atoms with E-state index in [1.165, 1.54) is 6.26 Å². The zero-order valence-electron chi connectivity index (χ0n) is 9.67. The summed E-state index contributed by atoms with van der Waals surface area (Å²) in [6.45, 7) is 1.62. The molecule has 0 aliphatic rings. The van der Waals surface area contributed by atoms with Crippen molar-refractivity contribution in [2.45, 2.75) is 25.9 Å². The van der Waals surface area contributed by atoms with Gasteiger partial charge in [-0.3, -0.25) is 0 Å². The van der Waals surface area contributed by atoms with Crippen LogP contribution in [-0.4, -0.2) is 22.3 Å². The van der Waals surface area contributed by atoms with E-state index in [4.69, 9.17) is 14.9 Å². The molecule has 0 heterocycles. The van der Waals surface area contributed by atoms with Crippen LogP contribution < -0.4 is 4.74 Å². The van der Waals surface area contributed by atoms with Gasteiger partial charge >= 0.3 is 5.97 Å². The van der Waals surface area contributed by atoms with Gasteiger partial charge in [-0.25, -0.2) is 4.79 Å².